The molecule has 6 nitrogen and oxygen atoms in total. The molecule has 1 unspecified atom stereocenters. The summed E-state index contributed by atoms with van der Waals surface area (Å²) in [4.78, 5) is 9.32. The molecule has 0 fully saturated rings. The number of fused-ring (bicyclic) bond motifs is 1. The van der Waals surface area contributed by atoms with E-state index in [2.05, 4.69) is 10.1 Å². The van der Waals surface area contributed by atoms with Gasteiger partial charge < -0.3 is 9.30 Å². The summed E-state index contributed by atoms with van der Waals surface area (Å²) in [5, 5.41) is 4.18. The number of ether oxygens (including phenoxy) is 1. The highest BCUT2D eigenvalue weighted by molar-refractivity contribution is 7.80. The monoisotopic (exact) mass is 351 g/mol. The smallest absolute Gasteiger partial charge is 0.198 e. The average Bonchev–Trinajstić information content (AvgIpc) is 3.25. The number of aryl methyl sites for hydroxylation is 1. The maximum atomic E-state index is 5.34. The van der Waals surface area contributed by atoms with Gasteiger partial charge in [0.05, 0.1) is 12.8 Å². The lowest BCUT2D eigenvalue weighted by Gasteiger charge is -2.05. The van der Waals surface area contributed by atoms with E-state index < -0.39 is 0 Å². The Bertz CT molecular complexity index is 1020. The van der Waals surface area contributed by atoms with E-state index in [9.17, 15) is 0 Å². The zero-order chi connectivity index (χ0) is 17.4. The Kier molecular flexibility index (Phi) is 3.93. The van der Waals surface area contributed by atoms with Crippen LogP contribution in [0.2, 0.25) is 0 Å². The number of methoxy groups -OCH3 is 1. The molecule has 1 aromatic carbocycles. The Labute approximate surface area is 150 Å². The first kappa shape index (κ1) is 15.7. The first-order chi connectivity index (χ1) is 12.2. The van der Waals surface area contributed by atoms with Crippen LogP contribution in [0.5, 0.6) is 5.75 Å². The minimum atomic E-state index is -0.341. The van der Waals surface area contributed by atoms with Gasteiger partial charge in [-0.05, 0) is 12.1 Å². The van der Waals surface area contributed by atoms with E-state index in [4.69, 9.17) is 22.3 Å². The topological polar surface area (TPSA) is 57.2 Å². The van der Waals surface area contributed by atoms with Crippen molar-refractivity contribution in [2.24, 2.45) is 7.05 Å². The highest BCUT2D eigenvalue weighted by Crippen LogP contribution is 2.29. The fourth-order valence-electron chi connectivity index (χ4n) is 2.77. The van der Waals surface area contributed by atoms with Gasteiger partial charge in [0, 0.05) is 25.0 Å². The second kappa shape index (κ2) is 6.25. The molecule has 0 amide bonds. The largest absolute Gasteiger partial charge is 0.493 e. The second-order valence-electron chi connectivity index (χ2n) is 5.68. The zero-order valence-electron chi connectivity index (χ0n) is 13.9. The lowest BCUT2D eigenvalue weighted by atomic mass is 10.2. The molecule has 0 bridgehead atoms. The highest BCUT2D eigenvalue weighted by Gasteiger charge is 2.22. The maximum Gasteiger partial charge on any atom is 0.198 e. The van der Waals surface area contributed by atoms with Crippen LogP contribution in [0, 0.1) is 0 Å². The van der Waals surface area contributed by atoms with Crippen molar-refractivity contribution in [2.75, 3.05) is 7.11 Å². The molecule has 0 N–H and O–H groups in total. The van der Waals surface area contributed by atoms with Crippen molar-refractivity contribution >= 4 is 18.3 Å². The molecule has 3 aromatic heterocycles. The van der Waals surface area contributed by atoms with Crippen LogP contribution >= 0.6 is 12.6 Å². The van der Waals surface area contributed by atoms with Gasteiger partial charge in [0.15, 0.2) is 17.2 Å². The van der Waals surface area contributed by atoms with Crippen LogP contribution in [0.3, 0.4) is 0 Å². The van der Waals surface area contributed by atoms with Crippen LogP contribution in [0.4, 0.5) is 0 Å². The molecule has 0 saturated carbocycles. The number of hydrogen-bond donors (Lipinski definition) is 1. The van der Waals surface area contributed by atoms with Gasteiger partial charge in [-0.25, -0.2) is 14.5 Å². The minimum absolute atomic E-state index is 0.341. The van der Waals surface area contributed by atoms with Crippen LogP contribution < -0.4 is 4.74 Å². The lowest BCUT2D eigenvalue weighted by molar-refractivity contribution is 0.416. The third-order valence-corrected chi connectivity index (χ3v) is 4.50. The molecule has 4 rings (SSSR count). The average molecular weight is 351 g/mol. The van der Waals surface area contributed by atoms with Crippen LogP contribution in [0.15, 0.2) is 54.9 Å². The Hall–Kier alpha value is -2.80. The molecule has 0 aliphatic heterocycles. The SMILES string of the molecule is COc1cccn2nc(C(S)c3nc(-c4ccccc4)cn3C)nc12. The van der Waals surface area contributed by atoms with Crippen LogP contribution in [0.1, 0.15) is 16.9 Å². The normalized spacial score (nSPS) is 12.4. The number of pyridine rings is 1. The van der Waals surface area contributed by atoms with Gasteiger partial charge in [-0.15, -0.1) is 5.10 Å². The first-order valence-corrected chi connectivity index (χ1v) is 8.35. The molecular formula is C18H17N5OS. The number of nitrogens with zero attached hydrogens (tertiary/aromatic N) is 5. The van der Waals surface area contributed by atoms with E-state index in [1.54, 1.807) is 11.6 Å². The zero-order valence-corrected chi connectivity index (χ0v) is 14.8. The van der Waals surface area contributed by atoms with Gasteiger partial charge in [-0.2, -0.15) is 12.6 Å². The van der Waals surface area contributed by atoms with E-state index in [-0.39, 0.29) is 5.25 Å². The Balaban J connectivity index is 1.74. The standard InChI is InChI=1S/C18H17N5OS/c1-22-11-13(12-7-4-3-5-8-12)19-18(22)15(25)16-20-17-14(24-2)9-6-10-23(17)21-16/h3-11,15,25H,1-2H3. The van der Waals surface area contributed by atoms with Gasteiger partial charge in [0.2, 0.25) is 0 Å². The molecule has 25 heavy (non-hydrogen) atoms. The summed E-state index contributed by atoms with van der Waals surface area (Å²) in [6, 6.07) is 13.8. The number of thiol groups is 1. The second-order valence-corrected chi connectivity index (χ2v) is 6.19. The van der Waals surface area contributed by atoms with Gasteiger partial charge in [-0.1, -0.05) is 30.3 Å². The number of benzene rings is 1. The van der Waals surface area contributed by atoms with E-state index in [0.29, 0.717) is 17.2 Å². The Morgan fingerprint density at radius 3 is 2.64 bits per heavy atom. The Morgan fingerprint density at radius 1 is 1.08 bits per heavy atom. The van der Waals surface area contributed by atoms with E-state index in [0.717, 1.165) is 17.1 Å². The van der Waals surface area contributed by atoms with Crippen molar-refractivity contribution in [3.05, 3.63) is 66.5 Å². The molecule has 4 aromatic rings. The van der Waals surface area contributed by atoms with Gasteiger partial charge in [0.1, 0.15) is 11.1 Å². The third kappa shape index (κ3) is 2.76. The van der Waals surface area contributed by atoms with Crippen LogP contribution in [-0.2, 0) is 7.05 Å². The summed E-state index contributed by atoms with van der Waals surface area (Å²) in [6.07, 6.45) is 3.83. The molecule has 0 spiro atoms. The van der Waals surface area contributed by atoms with Gasteiger partial charge in [-0.3, -0.25) is 0 Å². The number of imidazole rings is 1. The summed E-state index contributed by atoms with van der Waals surface area (Å²) >= 11 is 4.72. The highest BCUT2D eigenvalue weighted by atomic mass is 32.1. The lowest BCUT2D eigenvalue weighted by Crippen LogP contribution is -2.04. The number of hydrogen-bond acceptors (Lipinski definition) is 5. The minimum Gasteiger partial charge on any atom is -0.493 e. The maximum absolute atomic E-state index is 5.34. The van der Waals surface area contributed by atoms with Crippen molar-refractivity contribution in [1.29, 1.82) is 0 Å². The number of aromatic nitrogens is 5. The fraction of sp³-hybridized carbons (Fsp3) is 0.167. The van der Waals surface area contributed by atoms with E-state index in [1.165, 1.54) is 0 Å². The molecule has 0 radical (unpaired) electrons. The predicted octanol–water partition coefficient (Wildman–Crippen LogP) is 3.16. The summed E-state index contributed by atoms with van der Waals surface area (Å²) in [6.45, 7) is 0. The van der Waals surface area contributed by atoms with Crippen molar-refractivity contribution in [2.45, 2.75) is 5.25 Å². The third-order valence-electron chi connectivity index (χ3n) is 4.03. The molecule has 126 valence electrons. The molecule has 0 aliphatic carbocycles. The van der Waals surface area contributed by atoms with E-state index >= 15 is 0 Å². The van der Waals surface area contributed by atoms with Gasteiger partial charge >= 0.3 is 0 Å². The molecular weight excluding hydrogens is 334 g/mol. The van der Waals surface area contributed by atoms with Crippen molar-refractivity contribution in [3.63, 3.8) is 0 Å². The van der Waals surface area contributed by atoms with Crippen LogP contribution in [0.25, 0.3) is 16.9 Å². The Morgan fingerprint density at radius 2 is 1.88 bits per heavy atom. The molecule has 7 heteroatoms. The summed E-state index contributed by atoms with van der Waals surface area (Å²) in [5.41, 5.74) is 2.63. The van der Waals surface area contributed by atoms with E-state index in [1.807, 2.05) is 66.5 Å². The van der Waals surface area contributed by atoms with Crippen molar-refractivity contribution < 1.29 is 4.74 Å². The molecule has 0 aliphatic rings. The predicted molar refractivity (Wildman–Crippen MR) is 99.0 cm³/mol. The van der Waals surface area contributed by atoms with Crippen molar-refractivity contribution in [1.82, 2.24) is 24.1 Å². The van der Waals surface area contributed by atoms with Crippen molar-refractivity contribution in [3.8, 4) is 17.0 Å². The van der Waals surface area contributed by atoms with Gasteiger partial charge in [0.25, 0.3) is 0 Å². The first-order valence-electron chi connectivity index (χ1n) is 7.83. The molecule has 1 atom stereocenters. The summed E-state index contributed by atoms with van der Waals surface area (Å²) in [5.74, 6) is 2.05. The quantitative estimate of drug-likeness (QED) is 0.574. The molecule has 3 heterocycles. The summed E-state index contributed by atoms with van der Waals surface area (Å²) in [7, 11) is 3.57. The van der Waals surface area contributed by atoms with Crippen LogP contribution in [-0.4, -0.2) is 31.3 Å². The summed E-state index contributed by atoms with van der Waals surface area (Å²) < 4.78 is 9.00. The molecule has 0 saturated heterocycles. The fourth-order valence-corrected chi connectivity index (χ4v) is 3.12. The number of rotatable bonds is 4.